The van der Waals surface area contributed by atoms with E-state index >= 15 is 0 Å². The molecule has 0 radical (unpaired) electrons. The van der Waals surface area contributed by atoms with Gasteiger partial charge in [-0.1, -0.05) is 0 Å². The summed E-state index contributed by atoms with van der Waals surface area (Å²) in [6.07, 6.45) is 12.7. The topological polar surface area (TPSA) is 35.5 Å². The molecule has 0 rings (SSSR count). The van der Waals surface area contributed by atoms with Crippen molar-refractivity contribution in [2.75, 3.05) is 13.2 Å². The highest BCUT2D eigenvalue weighted by Crippen LogP contribution is 1.96. The van der Waals surface area contributed by atoms with Gasteiger partial charge in [0.2, 0.25) is 0 Å². The first kappa shape index (κ1) is 13.2. The fourth-order valence-corrected chi connectivity index (χ4v) is 1.21. The maximum absolute atomic E-state index is 10.9. The van der Waals surface area contributed by atoms with E-state index < -0.39 is 11.4 Å². The van der Waals surface area contributed by atoms with Crippen LogP contribution in [-0.2, 0) is 19.7 Å². The quantitative estimate of drug-likeness (QED) is 0.453. The Labute approximate surface area is 88.0 Å². The summed E-state index contributed by atoms with van der Waals surface area (Å²) in [4.78, 5) is 0. The minimum absolute atomic E-state index is 0.353. The Morgan fingerprint density at radius 1 is 1.00 bits per heavy atom. The molecule has 0 saturated carbocycles. The van der Waals surface area contributed by atoms with Crippen LogP contribution < -0.4 is 0 Å². The van der Waals surface area contributed by atoms with Crippen molar-refractivity contribution in [3.63, 3.8) is 0 Å². The normalized spacial score (nSPS) is 9.64. The summed E-state index contributed by atoms with van der Waals surface area (Å²) in [5.41, 5.74) is 0. The second kappa shape index (κ2) is 10.3. The third kappa shape index (κ3) is 9.28. The van der Waals surface area contributed by atoms with Crippen LogP contribution in [0.1, 0.15) is 25.7 Å². The van der Waals surface area contributed by atoms with E-state index in [-0.39, 0.29) is 0 Å². The van der Waals surface area contributed by atoms with Crippen LogP contribution >= 0.6 is 0 Å². The van der Waals surface area contributed by atoms with Crippen molar-refractivity contribution in [2.24, 2.45) is 0 Å². The average molecular weight is 214 g/mol. The van der Waals surface area contributed by atoms with Gasteiger partial charge in [-0.15, -0.1) is 24.7 Å². The molecule has 0 aromatic rings. The Hall–Kier alpha value is -0.810. The Morgan fingerprint density at radius 3 is 1.79 bits per heavy atom. The Morgan fingerprint density at radius 2 is 1.43 bits per heavy atom. The van der Waals surface area contributed by atoms with E-state index in [0.29, 0.717) is 38.9 Å². The number of unbranched alkanes of at least 4 members (excludes halogenated alkanes) is 2. The molecule has 14 heavy (non-hydrogen) atoms. The molecule has 0 N–H and O–H groups in total. The third-order valence-electron chi connectivity index (χ3n) is 1.29. The largest absolute Gasteiger partial charge is 0.304 e. The summed E-state index contributed by atoms with van der Waals surface area (Å²) < 4.78 is 20.6. The molecule has 0 heterocycles. The van der Waals surface area contributed by atoms with Crippen molar-refractivity contribution < 1.29 is 12.6 Å². The number of hydrogen-bond donors (Lipinski definition) is 0. The fourth-order valence-electron chi connectivity index (χ4n) is 0.636. The summed E-state index contributed by atoms with van der Waals surface area (Å²) in [7, 11) is 0. The highest BCUT2D eigenvalue weighted by atomic mass is 32.2. The highest BCUT2D eigenvalue weighted by Gasteiger charge is 1.99. The van der Waals surface area contributed by atoms with Gasteiger partial charge in [-0.2, -0.15) is 4.21 Å². The summed E-state index contributed by atoms with van der Waals surface area (Å²) in [6.45, 7) is 0.706. The van der Waals surface area contributed by atoms with Crippen molar-refractivity contribution in [3.05, 3.63) is 0 Å². The molecule has 0 spiro atoms. The zero-order valence-corrected chi connectivity index (χ0v) is 8.85. The molecule has 3 nitrogen and oxygen atoms in total. The van der Waals surface area contributed by atoms with E-state index in [1.54, 1.807) is 0 Å². The molecule has 0 bridgehead atoms. The van der Waals surface area contributed by atoms with Crippen molar-refractivity contribution in [3.8, 4) is 24.7 Å². The van der Waals surface area contributed by atoms with Crippen LogP contribution in [-0.4, -0.2) is 17.4 Å². The zero-order chi connectivity index (χ0) is 10.6. The van der Waals surface area contributed by atoms with Gasteiger partial charge in [0.1, 0.15) is 0 Å². The lowest BCUT2D eigenvalue weighted by atomic mass is 10.3. The van der Waals surface area contributed by atoms with E-state index in [2.05, 4.69) is 11.8 Å². The van der Waals surface area contributed by atoms with Gasteiger partial charge >= 0.3 is 11.4 Å². The number of hydrogen-bond acceptors (Lipinski definition) is 3. The van der Waals surface area contributed by atoms with E-state index in [1.807, 2.05) is 0 Å². The van der Waals surface area contributed by atoms with Crippen LogP contribution in [0.15, 0.2) is 0 Å². The minimum Gasteiger partial charge on any atom is -0.268 e. The molecular formula is C10H14O3S. The molecule has 0 unspecified atom stereocenters. The van der Waals surface area contributed by atoms with Gasteiger partial charge in [-0.25, -0.2) is 0 Å². The van der Waals surface area contributed by atoms with Crippen LogP contribution in [0.25, 0.3) is 0 Å². The lowest BCUT2D eigenvalue weighted by Crippen LogP contribution is -2.04. The van der Waals surface area contributed by atoms with Gasteiger partial charge in [0.15, 0.2) is 0 Å². The van der Waals surface area contributed by atoms with E-state index in [4.69, 9.17) is 21.2 Å². The summed E-state index contributed by atoms with van der Waals surface area (Å²) in [5.74, 6) is 4.92. The van der Waals surface area contributed by atoms with Crippen LogP contribution in [0.2, 0.25) is 0 Å². The average Bonchev–Trinajstić information content (AvgIpc) is 2.19. The van der Waals surface area contributed by atoms with Crippen molar-refractivity contribution >= 4 is 11.4 Å². The summed E-state index contributed by atoms with van der Waals surface area (Å²) in [5, 5.41) is 0. The first-order valence-corrected chi connectivity index (χ1v) is 5.36. The van der Waals surface area contributed by atoms with Gasteiger partial charge in [-0.05, 0) is 12.8 Å². The maximum Gasteiger partial charge on any atom is 0.304 e. The first-order chi connectivity index (χ1) is 6.81. The predicted octanol–water partition coefficient (Wildman–Crippen LogP) is 1.43. The van der Waals surface area contributed by atoms with E-state index in [9.17, 15) is 4.21 Å². The highest BCUT2D eigenvalue weighted by molar-refractivity contribution is 7.75. The van der Waals surface area contributed by atoms with Gasteiger partial charge in [0.05, 0.1) is 13.2 Å². The maximum atomic E-state index is 10.9. The monoisotopic (exact) mass is 214 g/mol. The summed E-state index contributed by atoms with van der Waals surface area (Å²) >= 11 is -1.66. The molecule has 0 aromatic heterocycles. The second-order valence-corrected chi connectivity index (χ2v) is 3.34. The number of terminal acetylenes is 2. The van der Waals surface area contributed by atoms with Crippen molar-refractivity contribution in [2.45, 2.75) is 25.7 Å². The summed E-state index contributed by atoms with van der Waals surface area (Å²) in [6, 6.07) is 0. The van der Waals surface area contributed by atoms with E-state index in [0.717, 1.165) is 0 Å². The van der Waals surface area contributed by atoms with Crippen LogP contribution in [0.5, 0.6) is 0 Å². The fraction of sp³-hybridized carbons (Fsp3) is 0.600. The Bertz CT molecular complexity index is 213. The SMILES string of the molecule is C#CCCCOS(=O)OCCCC#C. The predicted molar refractivity (Wildman–Crippen MR) is 56.2 cm³/mol. The first-order valence-electron chi connectivity index (χ1n) is 4.36. The molecule has 0 amide bonds. The molecular weight excluding hydrogens is 200 g/mol. The molecule has 0 fully saturated rings. The van der Waals surface area contributed by atoms with Crippen LogP contribution in [0.4, 0.5) is 0 Å². The second-order valence-electron chi connectivity index (χ2n) is 2.46. The third-order valence-corrected chi connectivity index (χ3v) is 2.01. The van der Waals surface area contributed by atoms with Gasteiger partial charge < -0.3 is 0 Å². The Kier molecular flexibility index (Phi) is 9.68. The minimum atomic E-state index is -1.66. The molecule has 0 aliphatic heterocycles. The molecule has 0 aliphatic rings. The van der Waals surface area contributed by atoms with Crippen molar-refractivity contribution in [1.29, 1.82) is 0 Å². The van der Waals surface area contributed by atoms with Crippen LogP contribution in [0, 0.1) is 24.7 Å². The lowest BCUT2D eigenvalue weighted by molar-refractivity contribution is 0.246. The number of rotatable bonds is 8. The standard InChI is InChI=1S/C10H14O3S/c1-3-5-7-9-12-14(11)13-10-8-6-4-2/h1-2H,5-10H2. The smallest absolute Gasteiger partial charge is 0.268 e. The zero-order valence-electron chi connectivity index (χ0n) is 8.03. The molecule has 0 saturated heterocycles. The van der Waals surface area contributed by atoms with Gasteiger partial charge in [0.25, 0.3) is 0 Å². The lowest BCUT2D eigenvalue weighted by Gasteiger charge is -2.01. The van der Waals surface area contributed by atoms with Crippen LogP contribution in [0.3, 0.4) is 0 Å². The molecule has 0 aromatic carbocycles. The molecule has 0 atom stereocenters. The van der Waals surface area contributed by atoms with E-state index in [1.165, 1.54) is 0 Å². The van der Waals surface area contributed by atoms with Gasteiger partial charge in [0, 0.05) is 12.8 Å². The Balaban J connectivity index is 3.21. The van der Waals surface area contributed by atoms with Gasteiger partial charge in [-0.3, -0.25) is 8.37 Å². The molecule has 0 aliphatic carbocycles. The van der Waals surface area contributed by atoms with Crippen molar-refractivity contribution in [1.82, 2.24) is 0 Å². The molecule has 4 heteroatoms. The molecule has 78 valence electrons.